The largest absolute Gasteiger partial charge is 0.379 e. The number of halogens is 1. The van der Waals surface area contributed by atoms with Gasteiger partial charge in [0.2, 0.25) is 0 Å². The van der Waals surface area contributed by atoms with Gasteiger partial charge in [0.05, 0.1) is 30.8 Å². The molecule has 6 nitrogen and oxygen atoms in total. The predicted octanol–water partition coefficient (Wildman–Crippen LogP) is 4.46. The summed E-state index contributed by atoms with van der Waals surface area (Å²) in [4.78, 5) is 19.8. The number of carbonyl (C=O) groups is 1. The minimum Gasteiger partial charge on any atom is -0.379 e. The molecule has 0 atom stereocenters. The number of fused-ring (bicyclic) bond motifs is 1. The predicted molar refractivity (Wildman–Crippen MR) is 118 cm³/mol. The normalized spacial score (nSPS) is 15.2. The Balaban J connectivity index is 1.60. The molecule has 1 saturated heterocycles. The van der Waals surface area contributed by atoms with E-state index in [0.717, 1.165) is 59.9 Å². The second kappa shape index (κ2) is 8.65. The Morgan fingerprint density at radius 1 is 1.21 bits per heavy atom. The number of nitrogens with zero attached hydrogens (tertiary/aromatic N) is 3. The van der Waals surface area contributed by atoms with Crippen LogP contribution in [0.1, 0.15) is 36.1 Å². The summed E-state index contributed by atoms with van der Waals surface area (Å²) in [5, 5.41) is 2.98. The number of ether oxygens (including phenoxy) is 1. The quantitative estimate of drug-likeness (QED) is 0.615. The molecule has 1 amide bonds. The van der Waals surface area contributed by atoms with E-state index in [9.17, 15) is 4.79 Å². The molecule has 0 saturated carbocycles. The fraction of sp³-hybridized carbons (Fsp3) is 0.364. The highest BCUT2D eigenvalue weighted by Gasteiger charge is 2.18. The highest BCUT2D eigenvalue weighted by atomic mass is 79.9. The van der Waals surface area contributed by atoms with Crippen molar-refractivity contribution in [1.29, 1.82) is 0 Å². The Kier molecular flexibility index (Phi) is 5.99. The third-order valence-corrected chi connectivity index (χ3v) is 5.59. The van der Waals surface area contributed by atoms with E-state index < -0.39 is 0 Å². The van der Waals surface area contributed by atoms with Crippen LogP contribution in [-0.2, 0) is 11.3 Å². The van der Waals surface area contributed by atoms with Crippen molar-refractivity contribution in [1.82, 2.24) is 14.5 Å². The van der Waals surface area contributed by atoms with Gasteiger partial charge in [0.1, 0.15) is 5.82 Å². The number of nitrogens with one attached hydrogen (secondary N) is 1. The van der Waals surface area contributed by atoms with Crippen LogP contribution in [0, 0.1) is 0 Å². The van der Waals surface area contributed by atoms with Crippen molar-refractivity contribution < 1.29 is 9.53 Å². The maximum atomic E-state index is 12.6. The average molecular weight is 457 g/mol. The summed E-state index contributed by atoms with van der Waals surface area (Å²) >= 11 is 3.41. The molecular formula is C22H25BrN4O2. The molecule has 0 bridgehead atoms. The highest BCUT2D eigenvalue weighted by Crippen LogP contribution is 2.25. The van der Waals surface area contributed by atoms with Crippen molar-refractivity contribution in [3.63, 3.8) is 0 Å². The number of aromatic nitrogens is 2. The van der Waals surface area contributed by atoms with E-state index in [0.29, 0.717) is 11.6 Å². The second-order valence-corrected chi connectivity index (χ2v) is 8.46. The third kappa shape index (κ3) is 4.52. The van der Waals surface area contributed by atoms with E-state index in [2.05, 4.69) is 44.6 Å². The van der Waals surface area contributed by atoms with Gasteiger partial charge in [-0.25, -0.2) is 4.98 Å². The Morgan fingerprint density at radius 2 is 2.00 bits per heavy atom. The number of amides is 1. The van der Waals surface area contributed by atoms with E-state index >= 15 is 0 Å². The van der Waals surface area contributed by atoms with Gasteiger partial charge in [0.15, 0.2) is 0 Å². The van der Waals surface area contributed by atoms with Gasteiger partial charge in [-0.15, -0.1) is 0 Å². The van der Waals surface area contributed by atoms with Crippen LogP contribution >= 0.6 is 15.9 Å². The van der Waals surface area contributed by atoms with Gasteiger partial charge in [0.25, 0.3) is 5.91 Å². The average Bonchev–Trinajstić information content (AvgIpc) is 3.06. The van der Waals surface area contributed by atoms with Gasteiger partial charge in [-0.2, -0.15) is 0 Å². The fourth-order valence-corrected chi connectivity index (χ4v) is 4.11. The van der Waals surface area contributed by atoms with Crippen molar-refractivity contribution in [3.05, 3.63) is 58.3 Å². The van der Waals surface area contributed by atoms with Crippen LogP contribution in [-0.4, -0.2) is 46.7 Å². The number of hydrogen-bond acceptors (Lipinski definition) is 4. The third-order valence-electron chi connectivity index (χ3n) is 5.09. The van der Waals surface area contributed by atoms with Gasteiger partial charge in [0, 0.05) is 34.9 Å². The lowest BCUT2D eigenvalue weighted by molar-refractivity contribution is 0.0325. The van der Waals surface area contributed by atoms with Crippen molar-refractivity contribution in [2.75, 3.05) is 31.6 Å². The molecule has 0 spiro atoms. The molecule has 2 aromatic carbocycles. The monoisotopic (exact) mass is 456 g/mol. The van der Waals surface area contributed by atoms with Gasteiger partial charge < -0.3 is 14.6 Å². The Labute approximate surface area is 179 Å². The maximum Gasteiger partial charge on any atom is 0.255 e. The van der Waals surface area contributed by atoms with Crippen LogP contribution in [0.2, 0.25) is 0 Å². The summed E-state index contributed by atoms with van der Waals surface area (Å²) in [5.41, 5.74) is 3.34. The van der Waals surface area contributed by atoms with Crippen LogP contribution < -0.4 is 5.32 Å². The first-order valence-corrected chi connectivity index (χ1v) is 10.7. The zero-order chi connectivity index (χ0) is 20.4. The highest BCUT2D eigenvalue weighted by molar-refractivity contribution is 9.10. The fourth-order valence-electron chi connectivity index (χ4n) is 3.71. The molecule has 1 fully saturated rings. The molecule has 2 heterocycles. The first kappa shape index (κ1) is 20.1. The molecule has 1 aromatic heterocycles. The topological polar surface area (TPSA) is 59.4 Å². The van der Waals surface area contributed by atoms with Gasteiger partial charge in [-0.1, -0.05) is 22.0 Å². The zero-order valence-corrected chi connectivity index (χ0v) is 18.3. The number of hydrogen-bond donors (Lipinski definition) is 1. The van der Waals surface area contributed by atoms with E-state index in [1.165, 1.54) is 0 Å². The standard InChI is InChI=1S/C22H25BrN4O2/c1-15(2)27-20-7-6-18(24-22(28)16-4-3-5-17(23)12-16)13-19(20)25-21(27)14-26-8-10-29-11-9-26/h3-7,12-13,15H,8-11,14H2,1-2H3,(H,24,28). The summed E-state index contributed by atoms with van der Waals surface area (Å²) in [6.45, 7) is 8.54. The van der Waals surface area contributed by atoms with E-state index in [1.807, 2.05) is 36.4 Å². The summed E-state index contributed by atoms with van der Waals surface area (Å²) in [6.07, 6.45) is 0. The molecule has 0 radical (unpaired) electrons. The van der Waals surface area contributed by atoms with E-state index in [-0.39, 0.29) is 5.91 Å². The molecule has 29 heavy (non-hydrogen) atoms. The van der Waals surface area contributed by atoms with Crippen LogP contribution in [0.15, 0.2) is 46.9 Å². The molecule has 3 aromatic rings. The Morgan fingerprint density at radius 3 is 2.72 bits per heavy atom. The molecular weight excluding hydrogens is 432 g/mol. The molecule has 0 unspecified atom stereocenters. The maximum absolute atomic E-state index is 12.6. The summed E-state index contributed by atoms with van der Waals surface area (Å²) in [5.74, 6) is 0.912. The van der Waals surface area contributed by atoms with Crippen LogP contribution in [0.25, 0.3) is 11.0 Å². The lowest BCUT2D eigenvalue weighted by atomic mass is 10.2. The van der Waals surface area contributed by atoms with Crippen LogP contribution in [0.3, 0.4) is 0 Å². The first-order chi connectivity index (χ1) is 14.0. The molecule has 152 valence electrons. The van der Waals surface area contributed by atoms with Crippen molar-refractivity contribution in [3.8, 4) is 0 Å². The number of morpholine rings is 1. The van der Waals surface area contributed by atoms with Crippen LogP contribution in [0.4, 0.5) is 5.69 Å². The lowest BCUT2D eigenvalue weighted by Crippen LogP contribution is -2.36. The first-order valence-electron chi connectivity index (χ1n) is 9.89. The Bertz CT molecular complexity index is 1020. The van der Waals surface area contributed by atoms with E-state index in [1.54, 1.807) is 6.07 Å². The number of anilines is 1. The Hall–Kier alpha value is -2.22. The number of imidazole rings is 1. The molecule has 7 heteroatoms. The zero-order valence-electron chi connectivity index (χ0n) is 16.7. The number of carbonyl (C=O) groups excluding carboxylic acids is 1. The van der Waals surface area contributed by atoms with Crippen molar-refractivity contribution in [2.24, 2.45) is 0 Å². The van der Waals surface area contributed by atoms with Gasteiger partial charge in [-0.3, -0.25) is 9.69 Å². The number of benzene rings is 2. The molecule has 1 aliphatic heterocycles. The second-order valence-electron chi connectivity index (χ2n) is 7.55. The SMILES string of the molecule is CC(C)n1c(CN2CCOCC2)nc2cc(NC(=O)c3cccc(Br)c3)ccc21. The lowest BCUT2D eigenvalue weighted by Gasteiger charge is -2.27. The summed E-state index contributed by atoms with van der Waals surface area (Å²) < 4.78 is 8.62. The molecule has 1 aliphatic rings. The minimum atomic E-state index is -0.137. The molecule has 1 N–H and O–H groups in total. The molecule has 4 rings (SSSR count). The van der Waals surface area contributed by atoms with Crippen molar-refractivity contribution in [2.45, 2.75) is 26.4 Å². The molecule has 0 aliphatic carbocycles. The van der Waals surface area contributed by atoms with Crippen LogP contribution in [0.5, 0.6) is 0 Å². The van der Waals surface area contributed by atoms with Gasteiger partial charge >= 0.3 is 0 Å². The number of rotatable bonds is 5. The van der Waals surface area contributed by atoms with Gasteiger partial charge in [-0.05, 0) is 50.2 Å². The van der Waals surface area contributed by atoms with E-state index in [4.69, 9.17) is 9.72 Å². The summed E-state index contributed by atoms with van der Waals surface area (Å²) in [7, 11) is 0. The minimum absolute atomic E-state index is 0.137. The smallest absolute Gasteiger partial charge is 0.255 e. The van der Waals surface area contributed by atoms with Crippen molar-refractivity contribution >= 4 is 38.6 Å². The summed E-state index contributed by atoms with van der Waals surface area (Å²) in [6, 6.07) is 13.6.